The van der Waals surface area contributed by atoms with Gasteiger partial charge in [0.25, 0.3) is 5.91 Å². The van der Waals surface area contributed by atoms with E-state index in [1.807, 2.05) is 29.2 Å². The minimum Gasteiger partial charge on any atom is -0.493 e. The van der Waals surface area contributed by atoms with Gasteiger partial charge < -0.3 is 19.3 Å². The predicted molar refractivity (Wildman–Crippen MR) is 102 cm³/mol. The van der Waals surface area contributed by atoms with Crippen molar-refractivity contribution >= 4 is 17.3 Å². The molecule has 5 nitrogen and oxygen atoms in total. The van der Waals surface area contributed by atoms with Crippen molar-refractivity contribution in [2.75, 3.05) is 43.2 Å². The van der Waals surface area contributed by atoms with E-state index in [1.54, 1.807) is 7.11 Å². The molecule has 0 spiro atoms. The Morgan fingerprint density at radius 1 is 1.04 bits per heavy atom. The molecular weight excluding hydrogens is 328 g/mol. The topological polar surface area (TPSA) is 42.0 Å². The molecule has 0 aromatic heterocycles. The molecule has 0 bridgehead atoms. The summed E-state index contributed by atoms with van der Waals surface area (Å²) in [5.74, 6) is 1.21. The molecule has 0 N–H and O–H groups in total. The van der Waals surface area contributed by atoms with Gasteiger partial charge in [0.1, 0.15) is 0 Å². The van der Waals surface area contributed by atoms with E-state index >= 15 is 0 Å². The average Bonchev–Trinajstić information content (AvgIpc) is 3.35. The van der Waals surface area contributed by atoms with Crippen molar-refractivity contribution in [3.63, 3.8) is 0 Å². The predicted octanol–water partition coefficient (Wildman–Crippen LogP) is 3.26. The third-order valence-electron chi connectivity index (χ3n) is 5.16. The van der Waals surface area contributed by atoms with E-state index in [0.29, 0.717) is 18.0 Å². The second-order valence-corrected chi connectivity index (χ2v) is 6.74. The molecular formula is C21H24N2O3. The highest BCUT2D eigenvalue weighted by Crippen LogP contribution is 2.33. The van der Waals surface area contributed by atoms with Crippen molar-refractivity contribution in [1.29, 1.82) is 0 Å². The molecule has 1 fully saturated rings. The first-order chi connectivity index (χ1) is 12.8. The van der Waals surface area contributed by atoms with E-state index < -0.39 is 0 Å². The lowest BCUT2D eigenvalue weighted by atomic mass is 10.1. The molecule has 0 saturated carbocycles. The number of nitrogens with zero attached hydrogens (tertiary/aromatic N) is 2. The van der Waals surface area contributed by atoms with E-state index in [1.165, 1.54) is 24.1 Å². The number of hydrogen-bond donors (Lipinski definition) is 0. The number of carbonyl (C=O) groups is 1. The summed E-state index contributed by atoms with van der Waals surface area (Å²) in [7, 11) is 1.60. The Bertz CT molecular complexity index is 800. The van der Waals surface area contributed by atoms with Gasteiger partial charge in [-0.1, -0.05) is 18.2 Å². The molecule has 1 amide bonds. The maximum atomic E-state index is 12.8. The van der Waals surface area contributed by atoms with Gasteiger partial charge in [-0.05, 0) is 49.1 Å². The number of carbonyl (C=O) groups excluding carboxylic acids is 1. The molecule has 2 heterocycles. The Kier molecular flexibility index (Phi) is 4.69. The summed E-state index contributed by atoms with van der Waals surface area (Å²) in [6.07, 6.45) is 3.38. The van der Waals surface area contributed by atoms with Crippen LogP contribution < -0.4 is 19.3 Å². The first-order valence-electron chi connectivity index (χ1n) is 9.20. The Morgan fingerprint density at radius 2 is 1.81 bits per heavy atom. The molecule has 0 atom stereocenters. The lowest BCUT2D eigenvalue weighted by Gasteiger charge is -2.22. The third-order valence-corrected chi connectivity index (χ3v) is 5.16. The number of hydrogen-bond acceptors (Lipinski definition) is 4. The normalized spacial score (nSPS) is 15.9. The molecule has 4 rings (SSSR count). The lowest BCUT2D eigenvalue weighted by molar-refractivity contribution is -0.120. The SMILES string of the molecule is COc1ccccc1OCC(=O)N1CCc2ccc(N3CCCC3)cc21. The lowest BCUT2D eigenvalue weighted by Crippen LogP contribution is -2.33. The third kappa shape index (κ3) is 3.21. The van der Waals surface area contributed by atoms with Crippen molar-refractivity contribution in [3.05, 3.63) is 48.0 Å². The number of methoxy groups -OCH3 is 1. The van der Waals surface area contributed by atoms with Crippen LogP contribution in [0.1, 0.15) is 18.4 Å². The van der Waals surface area contributed by atoms with Gasteiger partial charge in [-0.25, -0.2) is 0 Å². The Labute approximate surface area is 154 Å². The van der Waals surface area contributed by atoms with Gasteiger partial charge >= 0.3 is 0 Å². The van der Waals surface area contributed by atoms with E-state index in [0.717, 1.165) is 25.2 Å². The van der Waals surface area contributed by atoms with E-state index in [2.05, 4.69) is 23.1 Å². The summed E-state index contributed by atoms with van der Waals surface area (Å²) >= 11 is 0. The Balaban J connectivity index is 1.47. The van der Waals surface area contributed by atoms with Gasteiger partial charge in [0, 0.05) is 31.0 Å². The molecule has 2 aliphatic rings. The van der Waals surface area contributed by atoms with Gasteiger partial charge in [0.2, 0.25) is 0 Å². The zero-order chi connectivity index (χ0) is 17.9. The molecule has 0 unspecified atom stereocenters. The monoisotopic (exact) mass is 352 g/mol. The van der Waals surface area contributed by atoms with Crippen molar-refractivity contribution in [1.82, 2.24) is 0 Å². The molecule has 0 radical (unpaired) electrons. The fourth-order valence-corrected chi connectivity index (χ4v) is 3.75. The largest absolute Gasteiger partial charge is 0.493 e. The number of fused-ring (bicyclic) bond motifs is 1. The zero-order valence-corrected chi connectivity index (χ0v) is 15.1. The first kappa shape index (κ1) is 16.8. The summed E-state index contributed by atoms with van der Waals surface area (Å²) in [6.45, 7) is 2.92. The van der Waals surface area contributed by atoms with Crippen LogP contribution in [-0.4, -0.2) is 39.3 Å². The number of amides is 1. The van der Waals surface area contributed by atoms with Gasteiger partial charge in [0.05, 0.1) is 7.11 Å². The van der Waals surface area contributed by atoms with Crippen molar-refractivity contribution in [2.45, 2.75) is 19.3 Å². The average molecular weight is 352 g/mol. The van der Waals surface area contributed by atoms with Crippen LogP contribution >= 0.6 is 0 Å². The number of ether oxygens (including phenoxy) is 2. The highest BCUT2D eigenvalue weighted by atomic mass is 16.5. The minimum atomic E-state index is -0.0202. The number of benzene rings is 2. The Hall–Kier alpha value is -2.69. The van der Waals surface area contributed by atoms with Crippen LogP contribution in [0.2, 0.25) is 0 Å². The maximum Gasteiger partial charge on any atom is 0.264 e. The Morgan fingerprint density at radius 3 is 2.58 bits per heavy atom. The van der Waals surface area contributed by atoms with Crippen LogP contribution in [0.5, 0.6) is 11.5 Å². The van der Waals surface area contributed by atoms with E-state index in [-0.39, 0.29) is 12.5 Å². The number of rotatable bonds is 5. The smallest absolute Gasteiger partial charge is 0.264 e. The van der Waals surface area contributed by atoms with Crippen LogP contribution in [0.25, 0.3) is 0 Å². The quantitative estimate of drug-likeness (QED) is 0.828. The van der Waals surface area contributed by atoms with Crippen LogP contribution in [-0.2, 0) is 11.2 Å². The molecule has 136 valence electrons. The van der Waals surface area contributed by atoms with Crippen LogP contribution in [0.3, 0.4) is 0 Å². The van der Waals surface area contributed by atoms with Crippen molar-refractivity contribution < 1.29 is 14.3 Å². The summed E-state index contributed by atoms with van der Waals surface area (Å²) in [6, 6.07) is 13.9. The number of para-hydroxylation sites is 2. The van der Waals surface area contributed by atoms with Gasteiger partial charge in [-0.3, -0.25) is 4.79 Å². The summed E-state index contributed by atoms with van der Waals surface area (Å²) in [5.41, 5.74) is 3.48. The fourth-order valence-electron chi connectivity index (χ4n) is 3.75. The molecule has 2 aromatic rings. The van der Waals surface area contributed by atoms with Crippen LogP contribution in [0, 0.1) is 0 Å². The molecule has 1 saturated heterocycles. The molecule has 2 aliphatic heterocycles. The summed E-state index contributed by atoms with van der Waals surface area (Å²) in [5, 5.41) is 0. The molecule has 5 heteroatoms. The maximum absolute atomic E-state index is 12.8. The van der Waals surface area contributed by atoms with Crippen LogP contribution in [0.15, 0.2) is 42.5 Å². The highest BCUT2D eigenvalue weighted by molar-refractivity contribution is 5.97. The van der Waals surface area contributed by atoms with Gasteiger partial charge in [-0.2, -0.15) is 0 Å². The molecule has 26 heavy (non-hydrogen) atoms. The molecule has 0 aliphatic carbocycles. The second kappa shape index (κ2) is 7.28. The van der Waals surface area contributed by atoms with Gasteiger partial charge in [-0.15, -0.1) is 0 Å². The first-order valence-corrected chi connectivity index (χ1v) is 9.20. The van der Waals surface area contributed by atoms with E-state index in [9.17, 15) is 4.79 Å². The van der Waals surface area contributed by atoms with E-state index in [4.69, 9.17) is 9.47 Å². The van der Waals surface area contributed by atoms with Crippen molar-refractivity contribution in [3.8, 4) is 11.5 Å². The fraction of sp³-hybridized carbons (Fsp3) is 0.381. The highest BCUT2D eigenvalue weighted by Gasteiger charge is 2.26. The zero-order valence-electron chi connectivity index (χ0n) is 15.1. The second-order valence-electron chi connectivity index (χ2n) is 6.74. The summed E-state index contributed by atoms with van der Waals surface area (Å²) < 4.78 is 11.0. The minimum absolute atomic E-state index is 0.00769. The standard InChI is InChI=1S/C21H24N2O3/c1-25-19-6-2-3-7-20(19)26-15-21(24)23-13-10-16-8-9-17(14-18(16)23)22-11-4-5-12-22/h2-3,6-9,14H,4-5,10-13,15H2,1H3. The van der Waals surface area contributed by atoms with Crippen LogP contribution in [0.4, 0.5) is 11.4 Å². The summed E-state index contributed by atoms with van der Waals surface area (Å²) in [4.78, 5) is 17.0. The molecule has 2 aromatic carbocycles. The van der Waals surface area contributed by atoms with Crippen molar-refractivity contribution in [2.24, 2.45) is 0 Å². The van der Waals surface area contributed by atoms with Gasteiger partial charge in [0.15, 0.2) is 18.1 Å². The number of anilines is 2.